The van der Waals surface area contributed by atoms with Crippen molar-refractivity contribution in [3.63, 3.8) is 0 Å². The van der Waals surface area contributed by atoms with Gasteiger partial charge in [0.1, 0.15) is 5.75 Å². The highest BCUT2D eigenvalue weighted by Gasteiger charge is 2.49. The van der Waals surface area contributed by atoms with E-state index in [0.717, 1.165) is 0 Å². The number of esters is 1. The molecular formula is C13H16F2O4. The van der Waals surface area contributed by atoms with E-state index in [4.69, 9.17) is 4.74 Å². The first kappa shape index (κ1) is 15.4. The van der Waals surface area contributed by atoms with Crippen LogP contribution in [0, 0.1) is 0 Å². The second kappa shape index (κ2) is 6.47. The molecule has 0 radical (unpaired) electrons. The van der Waals surface area contributed by atoms with Crippen LogP contribution in [0.2, 0.25) is 0 Å². The Hall–Kier alpha value is -1.69. The van der Waals surface area contributed by atoms with Crippen LogP contribution in [0.4, 0.5) is 8.78 Å². The fourth-order valence-electron chi connectivity index (χ4n) is 1.53. The van der Waals surface area contributed by atoms with E-state index >= 15 is 0 Å². The van der Waals surface area contributed by atoms with Gasteiger partial charge in [-0.1, -0.05) is 18.2 Å². The van der Waals surface area contributed by atoms with Crippen LogP contribution >= 0.6 is 0 Å². The fourth-order valence-corrected chi connectivity index (χ4v) is 1.53. The van der Waals surface area contributed by atoms with Crippen LogP contribution in [0.3, 0.4) is 0 Å². The van der Waals surface area contributed by atoms with Crippen molar-refractivity contribution in [1.29, 1.82) is 0 Å². The number of hydrogen-bond donors (Lipinski definition) is 1. The number of carbonyl (C=O) groups excluding carboxylic acids is 1. The first-order chi connectivity index (χ1) is 8.95. The summed E-state index contributed by atoms with van der Waals surface area (Å²) in [5.41, 5.74) is -0.151. The Labute approximate surface area is 109 Å². The Morgan fingerprint density at radius 3 is 2.53 bits per heavy atom. The number of halogens is 2. The summed E-state index contributed by atoms with van der Waals surface area (Å²) in [6.45, 7) is 3.17. The largest absolute Gasteiger partial charge is 0.493 e. The zero-order valence-electron chi connectivity index (χ0n) is 10.7. The normalized spacial score (nSPS) is 12.9. The lowest BCUT2D eigenvalue weighted by Gasteiger charge is -2.22. The second-order valence-electron chi connectivity index (χ2n) is 3.72. The van der Waals surface area contributed by atoms with Crippen molar-refractivity contribution in [2.75, 3.05) is 13.2 Å². The van der Waals surface area contributed by atoms with Gasteiger partial charge in [-0.25, -0.2) is 4.79 Å². The maximum absolute atomic E-state index is 13.7. The van der Waals surface area contributed by atoms with Crippen LogP contribution in [0.1, 0.15) is 25.5 Å². The van der Waals surface area contributed by atoms with Crippen molar-refractivity contribution in [2.45, 2.75) is 25.9 Å². The lowest BCUT2D eigenvalue weighted by molar-refractivity contribution is -0.189. The van der Waals surface area contributed by atoms with Crippen molar-refractivity contribution >= 4 is 5.97 Å². The molecule has 1 rings (SSSR count). The van der Waals surface area contributed by atoms with Crippen LogP contribution in [0.5, 0.6) is 5.75 Å². The zero-order chi connectivity index (χ0) is 14.5. The minimum absolute atomic E-state index is 0.112. The quantitative estimate of drug-likeness (QED) is 0.809. The van der Waals surface area contributed by atoms with E-state index in [1.165, 1.54) is 25.1 Å². The average Bonchev–Trinajstić information content (AvgIpc) is 2.39. The van der Waals surface area contributed by atoms with Gasteiger partial charge in [0, 0.05) is 5.56 Å². The Kier molecular flexibility index (Phi) is 5.23. The predicted molar refractivity (Wildman–Crippen MR) is 64.2 cm³/mol. The SMILES string of the molecule is CCOC(=O)C(F)(F)C(O)c1ccccc1OCC. The minimum Gasteiger partial charge on any atom is -0.493 e. The second-order valence-corrected chi connectivity index (χ2v) is 3.72. The summed E-state index contributed by atoms with van der Waals surface area (Å²) < 4.78 is 36.9. The lowest BCUT2D eigenvalue weighted by Crippen LogP contribution is -2.37. The maximum atomic E-state index is 13.7. The minimum atomic E-state index is -4.02. The molecule has 0 aromatic heterocycles. The molecule has 0 heterocycles. The molecule has 0 aliphatic rings. The van der Waals surface area contributed by atoms with Crippen molar-refractivity contribution < 1.29 is 28.2 Å². The van der Waals surface area contributed by atoms with Gasteiger partial charge in [0.2, 0.25) is 0 Å². The van der Waals surface area contributed by atoms with E-state index in [1.807, 2.05) is 0 Å². The van der Waals surface area contributed by atoms with E-state index in [-0.39, 0.29) is 24.5 Å². The average molecular weight is 274 g/mol. The summed E-state index contributed by atoms with van der Waals surface area (Å²) in [6.07, 6.45) is -2.31. The van der Waals surface area contributed by atoms with Gasteiger partial charge >= 0.3 is 11.9 Å². The molecule has 19 heavy (non-hydrogen) atoms. The molecule has 0 amide bonds. The van der Waals surface area contributed by atoms with E-state index < -0.39 is 18.0 Å². The Morgan fingerprint density at radius 2 is 1.95 bits per heavy atom. The molecule has 106 valence electrons. The van der Waals surface area contributed by atoms with Gasteiger partial charge in [-0.3, -0.25) is 0 Å². The lowest BCUT2D eigenvalue weighted by atomic mass is 10.0. The molecule has 1 N–H and O–H groups in total. The third-order valence-electron chi connectivity index (χ3n) is 2.40. The van der Waals surface area contributed by atoms with Gasteiger partial charge in [-0.05, 0) is 19.9 Å². The first-order valence-corrected chi connectivity index (χ1v) is 5.89. The van der Waals surface area contributed by atoms with Crippen molar-refractivity contribution in [3.8, 4) is 5.75 Å². The molecule has 0 bridgehead atoms. The van der Waals surface area contributed by atoms with E-state index in [2.05, 4.69) is 4.74 Å². The summed E-state index contributed by atoms with van der Waals surface area (Å²) in [5, 5.41) is 9.72. The first-order valence-electron chi connectivity index (χ1n) is 5.89. The summed E-state index contributed by atoms with van der Waals surface area (Å²) in [7, 11) is 0. The number of benzene rings is 1. The molecule has 4 nitrogen and oxygen atoms in total. The number of aliphatic hydroxyl groups excluding tert-OH is 1. The number of ether oxygens (including phenoxy) is 2. The Balaban J connectivity index is 3.05. The molecular weight excluding hydrogens is 258 g/mol. The highest BCUT2D eigenvalue weighted by molar-refractivity contribution is 5.78. The van der Waals surface area contributed by atoms with E-state index in [1.54, 1.807) is 13.0 Å². The molecule has 0 aliphatic heterocycles. The van der Waals surface area contributed by atoms with Gasteiger partial charge in [-0.15, -0.1) is 0 Å². The predicted octanol–water partition coefficient (Wildman–Crippen LogP) is 2.32. The van der Waals surface area contributed by atoms with Gasteiger partial charge in [0.05, 0.1) is 13.2 Å². The summed E-state index contributed by atoms with van der Waals surface area (Å²) in [6, 6.07) is 5.79. The third kappa shape index (κ3) is 3.41. The molecule has 1 unspecified atom stereocenters. The number of aliphatic hydroxyl groups is 1. The third-order valence-corrected chi connectivity index (χ3v) is 2.40. The van der Waals surface area contributed by atoms with Crippen LogP contribution in [-0.2, 0) is 9.53 Å². The van der Waals surface area contributed by atoms with Crippen molar-refractivity contribution in [2.24, 2.45) is 0 Å². The number of rotatable bonds is 6. The van der Waals surface area contributed by atoms with Gasteiger partial charge < -0.3 is 14.6 Å². The topological polar surface area (TPSA) is 55.8 Å². The Morgan fingerprint density at radius 1 is 1.32 bits per heavy atom. The number of hydrogen-bond acceptors (Lipinski definition) is 4. The highest BCUT2D eigenvalue weighted by Crippen LogP contribution is 2.36. The standard InChI is InChI=1S/C13H16F2O4/c1-3-18-10-8-6-5-7-9(10)11(16)13(14,15)12(17)19-4-2/h5-8,11,16H,3-4H2,1-2H3. The summed E-state index contributed by atoms with van der Waals surface area (Å²) >= 11 is 0. The molecule has 1 atom stereocenters. The van der Waals surface area contributed by atoms with Crippen molar-refractivity contribution in [3.05, 3.63) is 29.8 Å². The number of para-hydroxylation sites is 1. The molecule has 1 aromatic rings. The summed E-state index contributed by atoms with van der Waals surface area (Å²) in [4.78, 5) is 11.2. The van der Waals surface area contributed by atoms with Crippen LogP contribution in [0.15, 0.2) is 24.3 Å². The fraction of sp³-hybridized carbons (Fsp3) is 0.462. The molecule has 0 saturated carbocycles. The molecule has 0 spiro atoms. The Bertz CT molecular complexity index is 434. The monoisotopic (exact) mass is 274 g/mol. The van der Waals surface area contributed by atoms with E-state index in [9.17, 15) is 18.7 Å². The maximum Gasteiger partial charge on any atom is 0.380 e. The van der Waals surface area contributed by atoms with Crippen molar-refractivity contribution in [1.82, 2.24) is 0 Å². The van der Waals surface area contributed by atoms with Gasteiger partial charge in [0.15, 0.2) is 6.10 Å². The van der Waals surface area contributed by atoms with Gasteiger partial charge in [0.25, 0.3) is 0 Å². The molecule has 1 aromatic carbocycles. The molecule has 0 saturated heterocycles. The van der Waals surface area contributed by atoms with Crippen LogP contribution in [-0.4, -0.2) is 30.2 Å². The molecule has 0 fully saturated rings. The smallest absolute Gasteiger partial charge is 0.380 e. The summed E-state index contributed by atoms with van der Waals surface area (Å²) in [5.74, 6) is -5.67. The van der Waals surface area contributed by atoms with Crippen LogP contribution in [0.25, 0.3) is 0 Å². The van der Waals surface area contributed by atoms with Gasteiger partial charge in [-0.2, -0.15) is 8.78 Å². The molecule has 6 heteroatoms. The zero-order valence-corrected chi connectivity index (χ0v) is 10.7. The van der Waals surface area contributed by atoms with E-state index in [0.29, 0.717) is 0 Å². The molecule has 0 aliphatic carbocycles. The van der Waals surface area contributed by atoms with Crippen LogP contribution < -0.4 is 4.74 Å². The highest BCUT2D eigenvalue weighted by atomic mass is 19.3. The number of carbonyl (C=O) groups is 1. The number of alkyl halides is 2.